The number of nitrogens with one attached hydrogen (secondary N) is 2. The highest BCUT2D eigenvalue weighted by Gasteiger charge is 2.11. The molecule has 18 heavy (non-hydrogen) atoms. The summed E-state index contributed by atoms with van der Waals surface area (Å²) in [6, 6.07) is 8.78. The number of aromatic amines is 1. The van der Waals surface area contributed by atoms with Gasteiger partial charge < -0.3 is 5.32 Å². The molecule has 2 N–H and O–H groups in total. The summed E-state index contributed by atoms with van der Waals surface area (Å²) in [5.41, 5.74) is 6.02. The van der Waals surface area contributed by atoms with E-state index in [1.54, 1.807) is 0 Å². The molecule has 0 fully saturated rings. The van der Waals surface area contributed by atoms with E-state index in [-0.39, 0.29) is 0 Å². The summed E-state index contributed by atoms with van der Waals surface area (Å²) in [4.78, 5) is 0. The SMILES string of the molecule is CNCc1n[nH]c(C)c1-c1ccc(C(C)C)cc1. The summed E-state index contributed by atoms with van der Waals surface area (Å²) >= 11 is 0. The first-order valence-electron chi connectivity index (χ1n) is 6.42. The van der Waals surface area contributed by atoms with Crippen molar-refractivity contribution in [3.05, 3.63) is 41.2 Å². The molecule has 0 bridgehead atoms. The predicted octanol–water partition coefficient (Wildman–Crippen LogP) is 3.23. The lowest BCUT2D eigenvalue weighted by Crippen LogP contribution is -2.06. The summed E-state index contributed by atoms with van der Waals surface area (Å²) in [5, 5.41) is 10.6. The number of H-pyrrole nitrogens is 1. The van der Waals surface area contributed by atoms with Gasteiger partial charge in [0.15, 0.2) is 0 Å². The number of nitrogens with zero attached hydrogens (tertiary/aromatic N) is 1. The molecule has 0 spiro atoms. The number of aryl methyl sites for hydroxylation is 1. The highest BCUT2D eigenvalue weighted by molar-refractivity contribution is 5.68. The molecule has 1 aromatic carbocycles. The Kier molecular flexibility index (Phi) is 3.82. The van der Waals surface area contributed by atoms with Crippen LogP contribution in [0.2, 0.25) is 0 Å². The molecule has 0 saturated heterocycles. The maximum atomic E-state index is 4.35. The lowest BCUT2D eigenvalue weighted by atomic mass is 9.98. The van der Waals surface area contributed by atoms with E-state index >= 15 is 0 Å². The van der Waals surface area contributed by atoms with Crippen molar-refractivity contribution in [3.8, 4) is 11.1 Å². The van der Waals surface area contributed by atoms with Gasteiger partial charge in [-0.15, -0.1) is 0 Å². The maximum Gasteiger partial charge on any atom is 0.0840 e. The number of hydrogen-bond acceptors (Lipinski definition) is 2. The second-order valence-electron chi connectivity index (χ2n) is 4.98. The standard InChI is InChI=1S/C15H21N3/c1-10(2)12-5-7-13(8-6-12)15-11(3)17-18-14(15)9-16-4/h5-8,10,16H,9H2,1-4H3,(H,17,18). The van der Waals surface area contributed by atoms with Crippen LogP contribution >= 0.6 is 0 Å². The van der Waals surface area contributed by atoms with Crippen LogP contribution in [0.5, 0.6) is 0 Å². The van der Waals surface area contributed by atoms with Crippen molar-refractivity contribution in [2.45, 2.75) is 33.2 Å². The minimum absolute atomic E-state index is 0.571. The van der Waals surface area contributed by atoms with Crippen LogP contribution < -0.4 is 5.32 Å². The first-order valence-corrected chi connectivity index (χ1v) is 6.42. The van der Waals surface area contributed by atoms with Gasteiger partial charge in [-0.05, 0) is 31.0 Å². The summed E-state index contributed by atoms with van der Waals surface area (Å²) in [7, 11) is 1.94. The van der Waals surface area contributed by atoms with E-state index in [2.05, 4.69) is 60.6 Å². The van der Waals surface area contributed by atoms with Gasteiger partial charge in [0.05, 0.1) is 5.69 Å². The van der Waals surface area contributed by atoms with Crippen molar-refractivity contribution in [1.82, 2.24) is 15.5 Å². The van der Waals surface area contributed by atoms with Crippen LogP contribution in [0.4, 0.5) is 0 Å². The van der Waals surface area contributed by atoms with Crippen molar-refractivity contribution >= 4 is 0 Å². The van der Waals surface area contributed by atoms with Gasteiger partial charge in [0.25, 0.3) is 0 Å². The minimum Gasteiger partial charge on any atom is -0.314 e. The van der Waals surface area contributed by atoms with Crippen LogP contribution in [-0.4, -0.2) is 17.2 Å². The summed E-state index contributed by atoms with van der Waals surface area (Å²) < 4.78 is 0. The highest BCUT2D eigenvalue weighted by Crippen LogP contribution is 2.27. The Hall–Kier alpha value is -1.61. The van der Waals surface area contributed by atoms with Gasteiger partial charge in [-0.1, -0.05) is 38.1 Å². The van der Waals surface area contributed by atoms with Gasteiger partial charge in [-0.3, -0.25) is 5.10 Å². The van der Waals surface area contributed by atoms with Crippen molar-refractivity contribution in [2.75, 3.05) is 7.05 Å². The molecule has 0 atom stereocenters. The molecule has 0 saturated carbocycles. The Morgan fingerprint density at radius 2 is 1.89 bits per heavy atom. The Bertz CT molecular complexity index is 509. The third-order valence-corrected chi connectivity index (χ3v) is 3.23. The third kappa shape index (κ3) is 2.46. The number of benzene rings is 1. The van der Waals surface area contributed by atoms with Gasteiger partial charge >= 0.3 is 0 Å². The Labute approximate surface area is 109 Å². The normalized spacial score (nSPS) is 11.2. The molecule has 2 aromatic rings. The fourth-order valence-electron chi connectivity index (χ4n) is 2.19. The first-order chi connectivity index (χ1) is 8.63. The monoisotopic (exact) mass is 243 g/mol. The van der Waals surface area contributed by atoms with Crippen LogP contribution in [0.15, 0.2) is 24.3 Å². The van der Waals surface area contributed by atoms with Gasteiger partial charge in [-0.2, -0.15) is 5.10 Å². The van der Waals surface area contributed by atoms with Gasteiger partial charge in [0.1, 0.15) is 0 Å². The lowest BCUT2D eigenvalue weighted by molar-refractivity contribution is 0.785. The molecule has 0 amide bonds. The second-order valence-corrected chi connectivity index (χ2v) is 4.98. The Morgan fingerprint density at radius 1 is 1.22 bits per heavy atom. The topological polar surface area (TPSA) is 40.7 Å². The summed E-state index contributed by atoms with van der Waals surface area (Å²) in [5.74, 6) is 0.571. The van der Waals surface area contributed by atoms with Gasteiger partial charge in [0, 0.05) is 17.8 Å². The molecule has 96 valence electrons. The molecule has 2 rings (SSSR count). The smallest absolute Gasteiger partial charge is 0.0840 e. The first kappa shape index (κ1) is 12.8. The summed E-state index contributed by atoms with van der Waals surface area (Å²) in [6.45, 7) is 7.28. The van der Waals surface area contributed by atoms with Crippen molar-refractivity contribution in [2.24, 2.45) is 0 Å². The van der Waals surface area contributed by atoms with Crippen LogP contribution in [0.1, 0.15) is 36.7 Å². The average molecular weight is 243 g/mol. The van der Waals surface area contributed by atoms with Crippen molar-refractivity contribution in [3.63, 3.8) is 0 Å². The van der Waals surface area contributed by atoms with Crippen LogP contribution in [0, 0.1) is 6.92 Å². The maximum absolute atomic E-state index is 4.35. The average Bonchev–Trinajstić information content (AvgIpc) is 2.71. The molecule has 1 heterocycles. The van der Waals surface area contributed by atoms with E-state index in [0.717, 1.165) is 17.9 Å². The zero-order valence-electron chi connectivity index (χ0n) is 11.5. The van der Waals surface area contributed by atoms with Crippen molar-refractivity contribution in [1.29, 1.82) is 0 Å². The number of aromatic nitrogens is 2. The molecule has 0 aliphatic heterocycles. The molecule has 3 heteroatoms. The minimum atomic E-state index is 0.571. The van der Waals surface area contributed by atoms with E-state index in [1.165, 1.54) is 16.7 Å². The fourth-order valence-corrected chi connectivity index (χ4v) is 2.19. The molecular formula is C15H21N3. The zero-order chi connectivity index (χ0) is 13.1. The molecule has 3 nitrogen and oxygen atoms in total. The van der Waals surface area contributed by atoms with Crippen LogP contribution in [-0.2, 0) is 6.54 Å². The second kappa shape index (κ2) is 5.36. The van der Waals surface area contributed by atoms with E-state index < -0.39 is 0 Å². The van der Waals surface area contributed by atoms with E-state index in [1.807, 2.05) is 7.05 Å². The Balaban J connectivity index is 2.38. The molecule has 1 aromatic heterocycles. The van der Waals surface area contributed by atoms with Gasteiger partial charge in [0.2, 0.25) is 0 Å². The van der Waals surface area contributed by atoms with Crippen LogP contribution in [0.25, 0.3) is 11.1 Å². The fraction of sp³-hybridized carbons (Fsp3) is 0.400. The third-order valence-electron chi connectivity index (χ3n) is 3.23. The highest BCUT2D eigenvalue weighted by atomic mass is 15.1. The predicted molar refractivity (Wildman–Crippen MR) is 75.6 cm³/mol. The van der Waals surface area contributed by atoms with E-state index in [9.17, 15) is 0 Å². The molecule has 0 aliphatic carbocycles. The largest absolute Gasteiger partial charge is 0.314 e. The molecular weight excluding hydrogens is 222 g/mol. The lowest BCUT2D eigenvalue weighted by Gasteiger charge is -2.08. The van der Waals surface area contributed by atoms with Gasteiger partial charge in [-0.25, -0.2) is 0 Å². The zero-order valence-corrected chi connectivity index (χ0v) is 11.5. The summed E-state index contributed by atoms with van der Waals surface area (Å²) in [6.07, 6.45) is 0. The van der Waals surface area contributed by atoms with Crippen molar-refractivity contribution < 1.29 is 0 Å². The molecule has 0 radical (unpaired) electrons. The van der Waals surface area contributed by atoms with E-state index in [0.29, 0.717) is 5.92 Å². The van der Waals surface area contributed by atoms with Crippen LogP contribution in [0.3, 0.4) is 0 Å². The molecule has 0 aliphatic rings. The Morgan fingerprint density at radius 3 is 2.44 bits per heavy atom. The quantitative estimate of drug-likeness (QED) is 0.865. The molecule has 0 unspecified atom stereocenters. The van der Waals surface area contributed by atoms with E-state index in [4.69, 9.17) is 0 Å². The number of rotatable bonds is 4. The number of hydrogen-bond donors (Lipinski definition) is 2.